The van der Waals surface area contributed by atoms with Gasteiger partial charge in [-0.1, -0.05) is 12.1 Å². The molecule has 1 aromatic rings. The SMILES string of the molecule is COC1CCC2CC(c3ccc(OC(F)(F)F)cc3)CCC2C1. The first-order valence-electron chi connectivity index (χ1n) is 8.33. The Morgan fingerprint density at radius 3 is 2.22 bits per heavy atom. The summed E-state index contributed by atoms with van der Waals surface area (Å²) in [5.74, 6) is 1.79. The fraction of sp³-hybridized carbons (Fsp3) is 0.667. The molecule has 4 unspecified atom stereocenters. The van der Waals surface area contributed by atoms with E-state index in [9.17, 15) is 13.2 Å². The number of halogens is 3. The van der Waals surface area contributed by atoms with Crippen LogP contribution in [0, 0.1) is 11.8 Å². The van der Waals surface area contributed by atoms with E-state index in [-0.39, 0.29) is 5.75 Å². The maximum atomic E-state index is 12.2. The Hall–Kier alpha value is -1.23. The van der Waals surface area contributed by atoms with Gasteiger partial charge in [-0.2, -0.15) is 0 Å². The van der Waals surface area contributed by atoms with Crippen LogP contribution < -0.4 is 4.74 Å². The Balaban J connectivity index is 1.60. The molecular weight excluding hydrogens is 305 g/mol. The van der Waals surface area contributed by atoms with E-state index in [0.717, 1.165) is 43.1 Å². The summed E-state index contributed by atoms with van der Waals surface area (Å²) in [4.78, 5) is 0. The van der Waals surface area contributed by atoms with Crippen LogP contribution in [0.5, 0.6) is 5.75 Å². The Kier molecular flexibility index (Phi) is 4.85. The van der Waals surface area contributed by atoms with E-state index in [1.807, 2.05) is 0 Å². The van der Waals surface area contributed by atoms with E-state index in [2.05, 4.69) is 4.74 Å². The molecule has 0 bridgehead atoms. The van der Waals surface area contributed by atoms with Gasteiger partial charge in [0.25, 0.3) is 0 Å². The first-order valence-corrected chi connectivity index (χ1v) is 8.33. The zero-order valence-electron chi connectivity index (χ0n) is 13.3. The lowest BCUT2D eigenvalue weighted by Gasteiger charge is -2.42. The van der Waals surface area contributed by atoms with Crippen LogP contribution in [0.4, 0.5) is 13.2 Å². The second kappa shape index (κ2) is 6.71. The molecule has 2 nitrogen and oxygen atoms in total. The molecular formula is C18H23F3O2. The van der Waals surface area contributed by atoms with Crippen molar-refractivity contribution >= 4 is 0 Å². The average molecular weight is 328 g/mol. The molecule has 0 radical (unpaired) electrons. The normalized spacial score (nSPS) is 31.5. The Bertz CT molecular complexity index is 512. The van der Waals surface area contributed by atoms with Crippen molar-refractivity contribution in [2.45, 2.75) is 56.9 Å². The number of rotatable bonds is 3. The molecule has 1 aromatic carbocycles. The Labute approximate surface area is 135 Å². The predicted molar refractivity (Wildman–Crippen MR) is 81.3 cm³/mol. The molecule has 128 valence electrons. The molecule has 2 aliphatic carbocycles. The number of hydrogen-bond acceptors (Lipinski definition) is 2. The van der Waals surface area contributed by atoms with Gasteiger partial charge in [0.15, 0.2) is 0 Å². The van der Waals surface area contributed by atoms with Crippen molar-refractivity contribution in [3.05, 3.63) is 29.8 Å². The highest BCUT2D eigenvalue weighted by atomic mass is 19.4. The minimum atomic E-state index is -4.63. The highest BCUT2D eigenvalue weighted by molar-refractivity contribution is 5.30. The van der Waals surface area contributed by atoms with Gasteiger partial charge in [0.05, 0.1) is 6.10 Å². The van der Waals surface area contributed by atoms with Crippen LogP contribution >= 0.6 is 0 Å². The van der Waals surface area contributed by atoms with Gasteiger partial charge in [0.2, 0.25) is 0 Å². The van der Waals surface area contributed by atoms with E-state index in [1.54, 1.807) is 19.2 Å². The summed E-state index contributed by atoms with van der Waals surface area (Å²) in [5, 5.41) is 0. The van der Waals surface area contributed by atoms with Gasteiger partial charge in [-0.15, -0.1) is 13.2 Å². The van der Waals surface area contributed by atoms with Gasteiger partial charge < -0.3 is 9.47 Å². The van der Waals surface area contributed by atoms with E-state index < -0.39 is 6.36 Å². The molecule has 0 heterocycles. The third-order valence-corrected chi connectivity index (χ3v) is 5.48. The molecule has 0 amide bonds. The maximum absolute atomic E-state index is 12.2. The van der Waals surface area contributed by atoms with E-state index >= 15 is 0 Å². The van der Waals surface area contributed by atoms with Crippen LogP contribution in [-0.4, -0.2) is 19.6 Å². The quantitative estimate of drug-likeness (QED) is 0.751. The van der Waals surface area contributed by atoms with Gasteiger partial charge >= 0.3 is 6.36 Å². The molecule has 23 heavy (non-hydrogen) atoms. The third kappa shape index (κ3) is 4.19. The zero-order valence-corrected chi connectivity index (χ0v) is 13.3. The smallest absolute Gasteiger partial charge is 0.406 e. The summed E-state index contributed by atoms with van der Waals surface area (Å²) >= 11 is 0. The lowest BCUT2D eigenvalue weighted by atomic mass is 9.65. The summed E-state index contributed by atoms with van der Waals surface area (Å²) in [6.45, 7) is 0. The predicted octanol–water partition coefficient (Wildman–Crippen LogP) is 5.28. The van der Waals surface area contributed by atoms with E-state index in [4.69, 9.17) is 4.74 Å². The molecule has 4 atom stereocenters. The standard InChI is InChI=1S/C18H23F3O2/c1-22-17-9-6-14-10-13(2-3-15(14)11-17)12-4-7-16(8-5-12)23-18(19,20)21/h4-5,7-8,13-15,17H,2-3,6,9-11H2,1H3. The van der Waals surface area contributed by atoms with Gasteiger partial charge in [0.1, 0.15) is 5.75 Å². The van der Waals surface area contributed by atoms with Gasteiger partial charge in [-0.25, -0.2) is 0 Å². The third-order valence-electron chi connectivity index (χ3n) is 5.48. The Morgan fingerprint density at radius 2 is 1.57 bits per heavy atom. The van der Waals surface area contributed by atoms with Crippen LogP contribution in [-0.2, 0) is 4.74 Å². The first-order chi connectivity index (χ1) is 10.9. The summed E-state index contributed by atoms with van der Waals surface area (Å²) in [6.07, 6.45) is 2.71. The van der Waals surface area contributed by atoms with Crippen LogP contribution in [0.1, 0.15) is 50.0 Å². The number of hydrogen-bond donors (Lipinski definition) is 0. The summed E-state index contributed by atoms with van der Waals surface area (Å²) < 4.78 is 46.1. The fourth-order valence-corrected chi connectivity index (χ4v) is 4.30. The highest BCUT2D eigenvalue weighted by Gasteiger charge is 2.36. The minimum absolute atomic E-state index is 0.143. The topological polar surface area (TPSA) is 18.5 Å². The molecule has 0 aliphatic heterocycles. The molecule has 0 saturated heterocycles. The lowest BCUT2D eigenvalue weighted by molar-refractivity contribution is -0.274. The van der Waals surface area contributed by atoms with Crippen LogP contribution in [0.3, 0.4) is 0 Å². The van der Waals surface area contributed by atoms with Crippen molar-refractivity contribution < 1.29 is 22.6 Å². The van der Waals surface area contributed by atoms with Crippen molar-refractivity contribution in [1.82, 2.24) is 0 Å². The van der Waals surface area contributed by atoms with Gasteiger partial charge in [-0.05, 0) is 74.0 Å². The molecule has 0 N–H and O–H groups in total. The molecule has 5 heteroatoms. The van der Waals surface area contributed by atoms with Gasteiger partial charge in [-0.3, -0.25) is 0 Å². The molecule has 3 rings (SSSR count). The summed E-state index contributed by atoms with van der Waals surface area (Å²) in [7, 11) is 1.79. The number of alkyl halides is 3. The number of fused-ring (bicyclic) bond motifs is 1. The average Bonchev–Trinajstić information content (AvgIpc) is 2.53. The molecule has 2 saturated carbocycles. The second-order valence-corrected chi connectivity index (χ2v) is 6.82. The highest BCUT2D eigenvalue weighted by Crippen LogP contribution is 2.46. The maximum Gasteiger partial charge on any atom is 0.573 e. The van der Waals surface area contributed by atoms with Crippen molar-refractivity contribution in [1.29, 1.82) is 0 Å². The van der Waals surface area contributed by atoms with E-state index in [1.165, 1.54) is 25.0 Å². The summed E-state index contributed by atoms with van der Waals surface area (Å²) in [5.41, 5.74) is 1.13. The van der Waals surface area contributed by atoms with Crippen molar-refractivity contribution in [2.75, 3.05) is 7.11 Å². The van der Waals surface area contributed by atoms with Crippen molar-refractivity contribution in [3.63, 3.8) is 0 Å². The monoisotopic (exact) mass is 328 g/mol. The van der Waals surface area contributed by atoms with Crippen LogP contribution in [0.15, 0.2) is 24.3 Å². The van der Waals surface area contributed by atoms with Crippen molar-refractivity contribution in [2.24, 2.45) is 11.8 Å². The number of ether oxygens (including phenoxy) is 2. The fourth-order valence-electron chi connectivity index (χ4n) is 4.30. The lowest BCUT2D eigenvalue weighted by Crippen LogP contribution is -2.33. The Morgan fingerprint density at radius 1 is 0.913 bits per heavy atom. The second-order valence-electron chi connectivity index (χ2n) is 6.82. The number of methoxy groups -OCH3 is 1. The minimum Gasteiger partial charge on any atom is -0.406 e. The first kappa shape index (κ1) is 16.6. The molecule has 2 aliphatic rings. The van der Waals surface area contributed by atoms with Crippen LogP contribution in [0.25, 0.3) is 0 Å². The molecule has 0 spiro atoms. The zero-order chi connectivity index (χ0) is 16.4. The summed E-state index contributed by atoms with van der Waals surface area (Å²) in [6, 6.07) is 6.42. The van der Waals surface area contributed by atoms with Gasteiger partial charge in [0, 0.05) is 7.11 Å². The number of benzene rings is 1. The van der Waals surface area contributed by atoms with Crippen LogP contribution in [0.2, 0.25) is 0 Å². The van der Waals surface area contributed by atoms with Crippen molar-refractivity contribution in [3.8, 4) is 5.75 Å². The largest absolute Gasteiger partial charge is 0.573 e. The molecule has 2 fully saturated rings. The van der Waals surface area contributed by atoms with E-state index in [0.29, 0.717) is 12.0 Å². The molecule has 0 aromatic heterocycles.